The molecule has 0 radical (unpaired) electrons. The van der Waals surface area contributed by atoms with Gasteiger partial charge in [-0.15, -0.1) is 0 Å². The summed E-state index contributed by atoms with van der Waals surface area (Å²) in [6, 6.07) is -0.356. The third kappa shape index (κ3) is 5.66. The fraction of sp³-hybridized carbons (Fsp3) is 0.579. The molecule has 1 aromatic rings. The molecule has 28 heavy (non-hydrogen) atoms. The Hall–Kier alpha value is -2.68. The monoisotopic (exact) mass is 393 g/mol. The van der Waals surface area contributed by atoms with Gasteiger partial charge in [-0.1, -0.05) is 27.2 Å². The second-order valence-electron chi connectivity index (χ2n) is 7.73. The van der Waals surface area contributed by atoms with E-state index < -0.39 is 35.9 Å². The number of ketones is 1. The Bertz CT molecular complexity index is 728. The van der Waals surface area contributed by atoms with E-state index in [0.717, 1.165) is 6.42 Å². The highest BCUT2D eigenvalue weighted by atomic mass is 16.5. The summed E-state index contributed by atoms with van der Waals surface area (Å²) in [4.78, 5) is 48.6. The van der Waals surface area contributed by atoms with Crippen LogP contribution in [0.2, 0.25) is 0 Å². The molecule has 0 aromatic carbocycles. The molecular formula is C19H27N3O6. The first-order chi connectivity index (χ1) is 13.1. The molecule has 0 saturated carbocycles. The number of nitrogens with two attached hydrogens (primary N) is 1. The third-order valence-electron chi connectivity index (χ3n) is 4.98. The van der Waals surface area contributed by atoms with Crippen LogP contribution in [0, 0.1) is 5.41 Å². The predicted octanol–water partition coefficient (Wildman–Crippen LogP) is 0.532. The third-order valence-corrected chi connectivity index (χ3v) is 4.98. The van der Waals surface area contributed by atoms with Crippen molar-refractivity contribution >= 4 is 23.5 Å². The van der Waals surface area contributed by atoms with Crippen LogP contribution in [-0.4, -0.2) is 48.3 Å². The van der Waals surface area contributed by atoms with Gasteiger partial charge >= 0.3 is 0 Å². The first-order valence-corrected chi connectivity index (χ1v) is 9.19. The Kier molecular flexibility index (Phi) is 6.95. The maximum absolute atomic E-state index is 12.9. The number of ether oxygens (including phenoxy) is 1. The zero-order valence-electron chi connectivity index (χ0n) is 16.3. The molecule has 1 aromatic heterocycles. The molecular weight excluding hydrogens is 366 g/mol. The summed E-state index contributed by atoms with van der Waals surface area (Å²) in [5.41, 5.74) is 5.25. The van der Waals surface area contributed by atoms with Crippen molar-refractivity contribution in [1.82, 2.24) is 10.6 Å². The summed E-state index contributed by atoms with van der Waals surface area (Å²) in [5, 5.41) is 5.32. The van der Waals surface area contributed by atoms with E-state index in [1.807, 2.05) is 20.8 Å². The number of primary amides is 1. The normalized spacial score (nSPS) is 20.6. The van der Waals surface area contributed by atoms with Crippen LogP contribution in [-0.2, 0) is 19.1 Å². The summed E-state index contributed by atoms with van der Waals surface area (Å²) >= 11 is 0. The quantitative estimate of drug-likeness (QED) is 0.559. The van der Waals surface area contributed by atoms with Crippen molar-refractivity contribution in [3.8, 4) is 0 Å². The molecule has 2 unspecified atom stereocenters. The second-order valence-corrected chi connectivity index (χ2v) is 7.73. The van der Waals surface area contributed by atoms with Gasteiger partial charge in [0, 0.05) is 0 Å². The lowest BCUT2D eigenvalue weighted by molar-refractivity contribution is -0.128. The number of hydrogen-bond acceptors (Lipinski definition) is 6. The van der Waals surface area contributed by atoms with Crippen molar-refractivity contribution in [2.45, 2.75) is 58.2 Å². The van der Waals surface area contributed by atoms with Crippen molar-refractivity contribution in [2.75, 3.05) is 6.61 Å². The van der Waals surface area contributed by atoms with Crippen molar-refractivity contribution < 1.29 is 28.3 Å². The van der Waals surface area contributed by atoms with Crippen molar-refractivity contribution in [3.05, 3.63) is 24.2 Å². The van der Waals surface area contributed by atoms with E-state index in [9.17, 15) is 19.2 Å². The molecule has 0 aliphatic carbocycles. The molecule has 1 saturated heterocycles. The van der Waals surface area contributed by atoms with E-state index in [4.69, 9.17) is 14.9 Å². The highest BCUT2D eigenvalue weighted by Crippen LogP contribution is 2.27. The highest BCUT2D eigenvalue weighted by molar-refractivity contribution is 5.99. The zero-order valence-corrected chi connectivity index (χ0v) is 16.3. The average Bonchev–Trinajstić information content (AvgIpc) is 3.26. The van der Waals surface area contributed by atoms with E-state index in [2.05, 4.69) is 10.6 Å². The minimum Gasteiger partial charge on any atom is -0.472 e. The molecule has 4 N–H and O–H groups in total. The molecule has 3 amide bonds. The molecule has 0 bridgehead atoms. The Labute approximate surface area is 163 Å². The smallest absolute Gasteiger partial charge is 0.255 e. The van der Waals surface area contributed by atoms with Gasteiger partial charge in [-0.2, -0.15) is 0 Å². The summed E-state index contributed by atoms with van der Waals surface area (Å²) in [7, 11) is 0. The number of rotatable bonds is 9. The molecule has 9 nitrogen and oxygen atoms in total. The standard InChI is InChI=1S/C19H27N3O6/c1-4-19(2,3)8-12(21-17(25)11-5-6-27-9-11)18(26)22-16-13(23)10-28-14(16)7-15(20)24/h5-6,9,12,14,16H,4,7-8,10H2,1-3H3,(H2,20,24)(H,21,25)(H,22,26)/t12-,14?,16?/m0/s1. The van der Waals surface area contributed by atoms with E-state index in [1.165, 1.54) is 18.6 Å². The molecule has 2 heterocycles. The van der Waals surface area contributed by atoms with Gasteiger partial charge in [0.25, 0.3) is 5.91 Å². The Morgan fingerprint density at radius 1 is 1.36 bits per heavy atom. The van der Waals surface area contributed by atoms with Gasteiger partial charge in [-0.05, 0) is 17.9 Å². The van der Waals surface area contributed by atoms with E-state index >= 15 is 0 Å². The summed E-state index contributed by atoms with van der Waals surface area (Å²) in [5.74, 6) is -1.94. The van der Waals surface area contributed by atoms with Gasteiger partial charge in [0.05, 0.1) is 24.4 Å². The molecule has 1 aliphatic heterocycles. The van der Waals surface area contributed by atoms with Crippen molar-refractivity contribution in [2.24, 2.45) is 11.1 Å². The maximum atomic E-state index is 12.9. The maximum Gasteiger partial charge on any atom is 0.255 e. The van der Waals surface area contributed by atoms with Crippen LogP contribution >= 0.6 is 0 Å². The largest absolute Gasteiger partial charge is 0.472 e. The number of nitrogens with one attached hydrogen (secondary N) is 2. The predicted molar refractivity (Wildman–Crippen MR) is 99.1 cm³/mol. The van der Waals surface area contributed by atoms with Crippen LogP contribution in [0.15, 0.2) is 23.0 Å². The Morgan fingerprint density at radius 3 is 2.64 bits per heavy atom. The Morgan fingerprint density at radius 2 is 2.07 bits per heavy atom. The van der Waals surface area contributed by atoms with E-state index in [1.54, 1.807) is 0 Å². The highest BCUT2D eigenvalue weighted by Gasteiger charge is 2.39. The SMILES string of the molecule is CCC(C)(C)C[C@H](NC(=O)c1ccoc1)C(=O)NC1C(=O)COC1CC(N)=O. The van der Waals surface area contributed by atoms with Crippen LogP contribution in [0.1, 0.15) is 50.4 Å². The van der Waals surface area contributed by atoms with Gasteiger partial charge in [0.2, 0.25) is 11.8 Å². The van der Waals surface area contributed by atoms with Gasteiger partial charge in [0.1, 0.15) is 25.0 Å². The van der Waals surface area contributed by atoms with Crippen LogP contribution in [0.3, 0.4) is 0 Å². The molecule has 1 fully saturated rings. The first-order valence-electron chi connectivity index (χ1n) is 9.19. The minimum absolute atomic E-state index is 0.177. The van der Waals surface area contributed by atoms with Gasteiger partial charge in [-0.25, -0.2) is 0 Å². The molecule has 2 rings (SSSR count). The molecule has 9 heteroatoms. The summed E-state index contributed by atoms with van der Waals surface area (Å²) in [6.45, 7) is 5.76. The first kappa shape index (κ1) is 21.6. The van der Waals surface area contributed by atoms with Crippen molar-refractivity contribution in [3.63, 3.8) is 0 Å². The second kappa shape index (κ2) is 9.01. The van der Waals surface area contributed by atoms with E-state index in [-0.39, 0.29) is 24.2 Å². The van der Waals surface area contributed by atoms with E-state index in [0.29, 0.717) is 12.0 Å². The topological polar surface area (TPSA) is 141 Å². The van der Waals surface area contributed by atoms with Gasteiger partial charge in [0.15, 0.2) is 5.78 Å². The number of Topliss-reactive ketones (excluding diaryl/α,β-unsaturated/α-hetero) is 1. The number of hydrogen-bond donors (Lipinski definition) is 3. The van der Waals surface area contributed by atoms with Gasteiger partial charge in [-0.3, -0.25) is 19.2 Å². The average molecular weight is 393 g/mol. The zero-order chi connectivity index (χ0) is 20.9. The molecule has 0 spiro atoms. The van der Waals surface area contributed by atoms with Crippen LogP contribution in [0.4, 0.5) is 0 Å². The number of furan rings is 1. The summed E-state index contributed by atoms with van der Waals surface area (Å²) < 4.78 is 10.2. The van der Waals surface area contributed by atoms with Crippen LogP contribution in [0.25, 0.3) is 0 Å². The van der Waals surface area contributed by atoms with Crippen molar-refractivity contribution in [1.29, 1.82) is 0 Å². The van der Waals surface area contributed by atoms with Gasteiger partial charge < -0.3 is 25.5 Å². The number of amides is 3. The minimum atomic E-state index is -0.974. The molecule has 3 atom stereocenters. The summed E-state index contributed by atoms with van der Waals surface area (Å²) in [6.07, 6.45) is 2.81. The fourth-order valence-electron chi connectivity index (χ4n) is 2.93. The fourth-order valence-corrected chi connectivity index (χ4v) is 2.93. The lowest BCUT2D eigenvalue weighted by atomic mass is 9.83. The number of carbonyl (C=O) groups is 4. The Balaban J connectivity index is 2.14. The number of carbonyl (C=O) groups excluding carboxylic acids is 4. The van der Waals surface area contributed by atoms with Crippen LogP contribution in [0.5, 0.6) is 0 Å². The molecule has 1 aliphatic rings. The lowest BCUT2D eigenvalue weighted by Gasteiger charge is -2.29. The lowest BCUT2D eigenvalue weighted by Crippen LogP contribution is -2.54. The van der Waals surface area contributed by atoms with Crippen LogP contribution < -0.4 is 16.4 Å². The molecule has 154 valence electrons.